The Labute approximate surface area is 185 Å². The Bertz CT molecular complexity index is 591. The molecule has 0 heterocycles. The zero-order valence-electron chi connectivity index (χ0n) is 19.1. The summed E-state index contributed by atoms with van der Waals surface area (Å²) in [7, 11) is 0. The lowest BCUT2D eigenvalue weighted by atomic mass is 10.2. The molecule has 1 N–H and O–H groups in total. The first-order valence-electron chi connectivity index (χ1n) is 10.5. The zero-order valence-corrected chi connectivity index (χ0v) is 19.1. The number of carbonyl (C=O) groups is 1. The Balaban J connectivity index is 2.04. The summed E-state index contributed by atoms with van der Waals surface area (Å²) in [4.78, 5) is 11.9. The van der Waals surface area contributed by atoms with E-state index in [0.717, 1.165) is 0 Å². The van der Waals surface area contributed by atoms with Gasteiger partial charge in [0.05, 0.1) is 58.5 Å². The van der Waals surface area contributed by atoms with Crippen LogP contribution in [0, 0.1) is 0 Å². The number of hydrogen-bond donors (Lipinski definition) is 1. The Kier molecular flexibility index (Phi) is 14.6. The highest BCUT2D eigenvalue weighted by Gasteiger charge is 2.17. The van der Waals surface area contributed by atoms with E-state index >= 15 is 0 Å². The SMILES string of the molecule is CCOCCOCCOCCOCCOCOc1ccccc1NC(=O)OC(C)(C)C. The van der Waals surface area contributed by atoms with E-state index in [1.54, 1.807) is 39.0 Å². The van der Waals surface area contributed by atoms with Crippen molar-refractivity contribution in [3.8, 4) is 5.75 Å². The van der Waals surface area contributed by atoms with E-state index in [-0.39, 0.29) is 6.79 Å². The summed E-state index contributed by atoms with van der Waals surface area (Å²) in [5, 5.41) is 2.67. The van der Waals surface area contributed by atoms with Crippen LogP contribution in [0.15, 0.2) is 24.3 Å². The van der Waals surface area contributed by atoms with Gasteiger partial charge in [-0.25, -0.2) is 4.79 Å². The van der Waals surface area contributed by atoms with Crippen LogP contribution < -0.4 is 10.1 Å². The van der Waals surface area contributed by atoms with Gasteiger partial charge in [0.25, 0.3) is 0 Å². The predicted molar refractivity (Wildman–Crippen MR) is 117 cm³/mol. The number of ether oxygens (including phenoxy) is 7. The second-order valence-corrected chi connectivity index (χ2v) is 7.33. The van der Waals surface area contributed by atoms with Crippen molar-refractivity contribution in [3.05, 3.63) is 24.3 Å². The van der Waals surface area contributed by atoms with E-state index < -0.39 is 11.7 Å². The van der Waals surface area contributed by atoms with Crippen LogP contribution in [0.25, 0.3) is 0 Å². The van der Waals surface area contributed by atoms with Crippen molar-refractivity contribution in [2.75, 3.05) is 71.6 Å². The van der Waals surface area contributed by atoms with Crippen LogP contribution in [0.2, 0.25) is 0 Å². The third kappa shape index (κ3) is 15.5. The van der Waals surface area contributed by atoms with Crippen LogP contribution in [0.3, 0.4) is 0 Å². The Morgan fingerprint density at radius 3 is 1.87 bits per heavy atom. The number of carbonyl (C=O) groups excluding carboxylic acids is 1. The quantitative estimate of drug-likeness (QED) is 0.289. The Morgan fingerprint density at radius 2 is 1.32 bits per heavy atom. The largest absolute Gasteiger partial charge is 0.465 e. The Morgan fingerprint density at radius 1 is 0.806 bits per heavy atom. The summed E-state index contributed by atoms with van der Waals surface area (Å²) in [5.41, 5.74) is -0.0681. The first-order valence-corrected chi connectivity index (χ1v) is 10.5. The molecule has 0 unspecified atom stereocenters. The van der Waals surface area contributed by atoms with Crippen molar-refractivity contribution in [1.29, 1.82) is 0 Å². The van der Waals surface area contributed by atoms with E-state index in [9.17, 15) is 4.79 Å². The normalized spacial score (nSPS) is 11.4. The molecule has 0 aliphatic carbocycles. The molecule has 1 rings (SSSR count). The summed E-state index contributed by atoms with van der Waals surface area (Å²) >= 11 is 0. The van der Waals surface area contributed by atoms with Gasteiger partial charge in [0.2, 0.25) is 0 Å². The van der Waals surface area contributed by atoms with Crippen LogP contribution in [-0.2, 0) is 28.4 Å². The van der Waals surface area contributed by atoms with Gasteiger partial charge in [-0.3, -0.25) is 5.32 Å². The van der Waals surface area contributed by atoms with Gasteiger partial charge in [0.15, 0.2) is 6.79 Å². The summed E-state index contributed by atoms with van der Waals surface area (Å²) in [5.74, 6) is 0.492. The molecule has 1 amide bonds. The summed E-state index contributed by atoms with van der Waals surface area (Å²) in [6.07, 6.45) is -0.544. The summed E-state index contributed by atoms with van der Waals surface area (Å²) < 4.78 is 37.6. The maximum absolute atomic E-state index is 11.9. The molecule has 0 aliphatic heterocycles. The van der Waals surface area contributed by atoms with Gasteiger partial charge in [0.1, 0.15) is 11.4 Å². The van der Waals surface area contributed by atoms with Gasteiger partial charge in [-0.05, 0) is 39.8 Å². The lowest BCUT2D eigenvalue weighted by molar-refractivity contribution is -0.0323. The number of para-hydroxylation sites is 2. The Hall–Kier alpha value is -1.91. The van der Waals surface area contributed by atoms with Crippen LogP contribution in [0.4, 0.5) is 10.5 Å². The van der Waals surface area contributed by atoms with Gasteiger partial charge < -0.3 is 33.2 Å². The monoisotopic (exact) mass is 443 g/mol. The third-order valence-electron chi connectivity index (χ3n) is 3.51. The van der Waals surface area contributed by atoms with E-state index in [0.29, 0.717) is 70.9 Å². The molecule has 0 saturated carbocycles. The first kappa shape index (κ1) is 27.1. The molecule has 0 fully saturated rings. The molecule has 9 heteroatoms. The van der Waals surface area contributed by atoms with Crippen LogP contribution in [0.1, 0.15) is 27.7 Å². The van der Waals surface area contributed by atoms with Gasteiger partial charge in [0, 0.05) is 6.61 Å². The molecule has 0 spiro atoms. The molecule has 0 radical (unpaired) electrons. The highest BCUT2D eigenvalue weighted by molar-refractivity contribution is 5.86. The van der Waals surface area contributed by atoms with E-state index in [1.165, 1.54) is 0 Å². The lowest BCUT2D eigenvalue weighted by Crippen LogP contribution is -2.27. The fourth-order valence-corrected chi connectivity index (χ4v) is 2.20. The average molecular weight is 444 g/mol. The topological polar surface area (TPSA) is 93.7 Å². The van der Waals surface area contributed by atoms with E-state index in [1.807, 2.05) is 13.0 Å². The lowest BCUT2D eigenvalue weighted by Gasteiger charge is -2.20. The van der Waals surface area contributed by atoms with Crippen molar-refractivity contribution in [2.45, 2.75) is 33.3 Å². The van der Waals surface area contributed by atoms with Gasteiger partial charge in [-0.2, -0.15) is 0 Å². The summed E-state index contributed by atoms with van der Waals surface area (Å²) in [6, 6.07) is 7.07. The fraction of sp³-hybridized carbons (Fsp3) is 0.682. The number of amides is 1. The van der Waals surface area contributed by atoms with Crippen LogP contribution in [0.5, 0.6) is 5.75 Å². The number of nitrogens with one attached hydrogen (secondary N) is 1. The van der Waals surface area contributed by atoms with Crippen LogP contribution in [-0.4, -0.2) is 77.9 Å². The van der Waals surface area contributed by atoms with Crippen molar-refractivity contribution in [1.82, 2.24) is 0 Å². The van der Waals surface area contributed by atoms with Crippen LogP contribution >= 0.6 is 0 Å². The minimum atomic E-state index is -0.578. The molecule has 0 aliphatic rings. The average Bonchev–Trinajstić information content (AvgIpc) is 2.70. The molecule has 0 saturated heterocycles. The number of rotatable bonds is 17. The minimum Gasteiger partial charge on any atom is -0.465 e. The van der Waals surface area contributed by atoms with E-state index in [2.05, 4.69) is 5.32 Å². The number of hydrogen-bond acceptors (Lipinski definition) is 8. The molecule has 0 atom stereocenters. The molecular weight excluding hydrogens is 406 g/mol. The van der Waals surface area contributed by atoms with Gasteiger partial charge >= 0.3 is 6.09 Å². The molecule has 0 aromatic heterocycles. The maximum Gasteiger partial charge on any atom is 0.412 e. The zero-order chi connectivity index (χ0) is 22.8. The second-order valence-electron chi connectivity index (χ2n) is 7.33. The number of anilines is 1. The van der Waals surface area contributed by atoms with Gasteiger partial charge in [-0.1, -0.05) is 12.1 Å². The van der Waals surface area contributed by atoms with Crippen molar-refractivity contribution in [2.24, 2.45) is 0 Å². The smallest absolute Gasteiger partial charge is 0.412 e. The molecule has 9 nitrogen and oxygen atoms in total. The van der Waals surface area contributed by atoms with Gasteiger partial charge in [-0.15, -0.1) is 0 Å². The maximum atomic E-state index is 11.9. The summed E-state index contributed by atoms with van der Waals surface area (Å²) in [6.45, 7) is 12.1. The predicted octanol–water partition coefficient (Wildman–Crippen LogP) is 3.47. The highest BCUT2D eigenvalue weighted by atomic mass is 16.7. The number of benzene rings is 1. The molecule has 1 aromatic carbocycles. The van der Waals surface area contributed by atoms with E-state index in [4.69, 9.17) is 33.2 Å². The molecule has 1 aromatic rings. The standard InChI is InChI=1S/C22H37NO8/c1-5-25-10-11-26-12-13-27-14-15-28-16-17-29-18-30-20-9-7-6-8-19(20)23-21(24)31-22(2,3)4/h6-9H,5,10-18H2,1-4H3,(H,23,24). The molecule has 0 bridgehead atoms. The minimum absolute atomic E-state index is 0.0337. The van der Waals surface area contributed by atoms with Crippen molar-refractivity contribution < 1.29 is 38.0 Å². The molecule has 31 heavy (non-hydrogen) atoms. The second kappa shape index (κ2) is 16.7. The fourth-order valence-electron chi connectivity index (χ4n) is 2.20. The third-order valence-corrected chi connectivity index (χ3v) is 3.51. The highest BCUT2D eigenvalue weighted by Crippen LogP contribution is 2.24. The van der Waals surface area contributed by atoms with Crippen molar-refractivity contribution >= 4 is 11.8 Å². The molecular formula is C22H37NO8. The molecule has 178 valence electrons. The first-order chi connectivity index (χ1) is 14.9. The van der Waals surface area contributed by atoms with Crippen molar-refractivity contribution in [3.63, 3.8) is 0 Å².